The number of ether oxygens (including phenoxy) is 2. The molecular weight excluding hydrogens is 282 g/mol. The van der Waals surface area contributed by atoms with Gasteiger partial charge in [0.25, 0.3) is 0 Å². The molecule has 122 valence electrons. The molecule has 0 aliphatic carbocycles. The number of carboxylic acid groups (broad SMARTS) is 1. The summed E-state index contributed by atoms with van der Waals surface area (Å²) in [6.07, 6.45) is 0. The van der Waals surface area contributed by atoms with Crippen molar-refractivity contribution in [2.75, 3.05) is 27.3 Å². The number of hydrogen-bond acceptors (Lipinski definition) is 4. The van der Waals surface area contributed by atoms with Crippen molar-refractivity contribution in [1.29, 1.82) is 0 Å². The normalized spacial score (nSPS) is 22.6. The molecule has 2 atom stereocenters. The largest absolute Gasteiger partial charge is 0.497 e. The van der Waals surface area contributed by atoms with Gasteiger partial charge in [-0.05, 0) is 38.5 Å². The minimum absolute atomic E-state index is 0.0502. The average Bonchev–Trinajstić information content (AvgIpc) is 2.92. The summed E-state index contributed by atoms with van der Waals surface area (Å²) >= 11 is 0. The highest BCUT2D eigenvalue weighted by Crippen LogP contribution is 2.39. The van der Waals surface area contributed by atoms with Gasteiger partial charge in [0, 0.05) is 30.6 Å². The van der Waals surface area contributed by atoms with E-state index in [1.54, 1.807) is 20.3 Å². The van der Waals surface area contributed by atoms with Gasteiger partial charge >= 0.3 is 5.97 Å². The highest BCUT2D eigenvalue weighted by molar-refractivity contribution is 5.72. The van der Waals surface area contributed by atoms with Crippen LogP contribution in [0, 0.1) is 5.92 Å². The Morgan fingerprint density at radius 2 is 1.68 bits per heavy atom. The van der Waals surface area contributed by atoms with Crippen molar-refractivity contribution in [3.05, 3.63) is 23.8 Å². The first-order valence-corrected chi connectivity index (χ1v) is 7.47. The van der Waals surface area contributed by atoms with Crippen LogP contribution in [0.1, 0.15) is 32.3 Å². The highest BCUT2D eigenvalue weighted by atomic mass is 16.5. The first-order chi connectivity index (χ1) is 10.3. The van der Waals surface area contributed by atoms with Crippen molar-refractivity contribution in [2.45, 2.75) is 32.2 Å². The van der Waals surface area contributed by atoms with Crippen molar-refractivity contribution in [2.24, 2.45) is 5.92 Å². The summed E-state index contributed by atoms with van der Waals surface area (Å²) in [5.74, 6) is 0.135. The number of nitrogens with zero attached hydrogens (tertiary/aromatic N) is 1. The molecule has 0 saturated carbocycles. The molecule has 5 nitrogen and oxygen atoms in total. The molecule has 0 amide bonds. The molecule has 0 spiro atoms. The Morgan fingerprint density at radius 3 is 2.09 bits per heavy atom. The van der Waals surface area contributed by atoms with E-state index in [1.807, 2.05) is 12.1 Å². The van der Waals surface area contributed by atoms with Gasteiger partial charge in [0.2, 0.25) is 0 Å². The second-order valence-corrected chi connectivity index (χ2v) is 6.77. The molecule has 0 aromatic heterocycles. The van der Waals surface area contributed by atoms with E-state index in [2.05, 4.69) is 25.7 Å². The van der Waals surface area contributed by atoms with Crippen LogP contribution < -0.4 is 9.47 Å². The van der Waals surface area contributed by atoms with E-state index in [0.29, 0.717) is 18.0 Å². The third-order valence-corrected chi connectivity index (χ3v) is 4.39. The zero-order valence-corrected chi connectivity index (χ0v) is 13.9. The molecule has 1 aliphatic heterocycles. The number of benzene rings is 1. The Hall–Kier alpha value is -1.75. The molecular formula is C17H25NO4. The maximum Gasteiger partial charge on any atom is 0.308 e. The molecule has 1 N–H and O–H groups in total. The number of hydrogen-bond donors (Lipinski definition) is 1. The fourth-order valence-corrected chi connectivity index (χ4v) is 2.98. The van der Waals surface area contributed by atoms with Crippen molar-refractivity contribution in [1.82, 2.24) is 4.90 Å². The quantitative estimate of drug-likeness (QED) is 0.926. The Bertz CT molecular complexity index is 528. The fourth-order valence-electron chi connectivity index (χ4n) is 2.98. The van der Waals surface area contributed by atoms with E-state index in [4.69, 9.17) is 9.47 Å². The number of methoxy groups -OCH3 is 2. The third kappa shape index (κ3) is 3.35. The summed E-state index contributed by atoms with van der Waals surface area (Å²) in [5.41, 5.74) is 0.904. The maximum atomic E-state index is 11.7. The standard InChI is InChI=1S/C17H25NO4/c1-17(2,3)18-9-14(15(10-18)16(19)20)11-6-12(21-4)8-13(7-11)22-5/h6-8,14-15H,9-10H2,1-5H3,(H,19,20)/t14-,15+/m0/s1. The predicted molar refractivity (Wildman–Crippen MR) is 84.7 cm³/mol. The van der Waals surface area contributed by atoms with E-state index in [0.717, 1.165) is 12.1 Å². The lowest BCUT2D eigenvalue weighted by atomic mass is 9.89. The highest BCUT2D eigenvalue weighted by Gasteiger charge is 2.42. The summed E-state index contributed by atoms with van der Waals surface area (Å²) in [5, 5.41) is 9.59. The number of likely N-dealkylation sites (tertiary alicyclic amines) is 1. The van der Waals surface area contributed by atoms with Crippen LogP contribution in [0.25, 0.3) is 0 Å². The summed E-state index contributed by atoms with van der Waals surface area (Å²) in [4.78, 5) is 13.9. The number of carbonyl (C=O) groups is 1. The van der Waals surface area contributed by atoms with E-state index >= 15 is 0 Å². The predicted octanol–water partition coefficient (Wildman–Crippen LogP) is 2.60. The van der Waals surface area contributed by atoms with Crippen LogP contribution in [-0.4, -0.2) is 48.8 Å². The lowest BCUT2D eigenvalue weighted by Crippen LogP contribution is -2.40. The van der Waals surface area contributed by atoms with Crippen molar-refractivity contribution >= 4 is 5.97 Å². The second-order valence-electron chi connectivity index (χ2n) is 6.77. The zero-order valence-electron chi connectivity index (χ0n) is 13.9. The lowest BCUT2D eigenvalue weighted by molar-refractivity contribution is -0.141. The molecule has 1 aliphatic rings. The minimum atomic E-state index is -0.751. The van der Waals surface area contributed by atoms with Crippen LogP contribution in [-0.2, 0) is 4.79 Å². The van der Waals surface area contributed by atoms with Crippen LogP contribution in [0.2, 0.25) is 0 Å². The monoisotopic (exact) mass is 307 g/mol. The fraction of sp³-hybridized carbons (Fsp3) is 0.588. The Kier molecular flexibility index (Phi) is 4.66. The molecule has 1 heterocycles. The summed E-state index contributed by atoms with van der Waals surface area (Å²) < 4.78 is 10.6. The number of aliphatic carboxylic acids is 1. The van der Waals surface area contributed by atoms with Gasteiger partial charge in [-0.15, -0.1) is 0 Å². The molecule has 5 heteroatoms. The third-order valence-electron chi connectivity index (χ3n) is 4.39. The van der Waals surface area contributed by atoms with Gasteiger partial charge in [0.05, 0.1) is 20.1 Å². The zero-order chi connectivity index (χ0) is 16.5. The van der Waals surface area contributed by atoms with E-state index < -0.39 is 11.9 Å². The Balaban J connectivity index is 2.38. The molecule has 1 aromatic carbocycles. The van der Waals surface area contributed by atoms with Crippen molar-refractivity contribution in [3.8, 4) is 11.5 Å². The van der Waals surface area contributed by atoms with Gasteiger partial charge in [0.1, 0.15) is 11.5 Å². The molecule has 2 rings (SSSR count). The van der Waals surface area contributed by atoms with Gasteiger partial charge < -0.3 is 14.6 Å². The van der Waals surface area contributed by atoms with Crippen LogP contribution in [0.4, 0.5) is 0 Å². The second kappa shape index (κ2) is 6.16. The van der Waals surface area contributed by atoms with Crippen molar-refractivity contribution in [3.63, 3.8) is 0 Å². The van der Waals surface area contributed by atoms with Gasteiger partial charge in [-0.25, -0.2) is 0 Å². The summed E-state index contributed by atoms with van der Waals surface area (Å²) in [6, 6.07) is 5.63. The molecule has 1 fully saturated rings. The Morgan fingerprint density at radius 1 is 1.14 bits per heavy atom. The minimum Gasteiger partial charge on any atom is -0.497 e. The number of rotatable bonds is 4. The maximum absolute atomic E-state index is 11.7. The summed E-state index contributed by atoms with van der Waals surface area (Å²) in [6.45, 7) is 7.61. The molecule has 1 aromatic rings. The smallest absolute Gasteiger partial charge is 0.308 e. The topological polar surface area (TPSA) is 59.0 Å². The molecule has 22 heavy (non-hydrogen) atoms. The Labute approximate surface area is 131 Å². The first kappa shape index (κ1) is 16.6. The van der Waals surface area contributed by atoms with Crippen LogP contribution in [0.3, 0.4) is 0 Å². The molecule has 0 bridgehead atoms. The molecule has 0 radical (unpaired) electrons. The number of carboxylic acids is 1. The van der Waals surface area contributed by atoms with Gasteiger partial charge in [-0.1, -0.05) is 0 Å². The lowest BCUT2D eigenvalue weighted by Gasteiger charge is -2.31. The first-order valence-electron chi connectivity index (χ1n) is 7.47. The van der Waals surface area contributed by atoms with Crippen LogP contribution >= 0.6 is 0 Å². The van der Waals surface area contributed by atoms with E-state index in [9.17, 15) is 9.90 Å². The van der Waals surface area contributed by atoms with Crippen LogP contribution in [0.15, 0.2) is 18.2 Å². The van der Waals surface area contributed by atoms with Gasteiger partial charge in [-0.2, -0.15) is 0 Å². The van der Waals surface area contributed by atoms with E-state index in [1.165, 1.54) is 0 Å². The van der Waals surface area contributed by atoms with Gasteiger partial charge in [0.15, 0.2) is 0 Å². The van der Waals surface area contributed by atoms with Crippen LogP contribution in [0.5, 0.6) is 11.5 Å². The molecule has 0 unspecified atom stereocenters. The molecule has 1 saturated heterocycles. The van der Waals surface area contributed by atoms with Crippen molar-refractivity contribution < 1.29 is 19.4 Å². The summed E-state index contributed by atoms with van der Waals surface area (Å²) in [7, 11) is 3.20. The average molecular weight is 307 g/mol. The van der Waals surface area contributed by atoms with E-state index in [-0.39, 0.29) is 11.5 Å². The van der Waals surface area contributed by atoms with Gasteiger partial charge in [-0.3, -0.25) is 9.69 Å². The SMILES string of the molecule is COc1cc(OC)cc([C@@H]2CN(C(C)(C)C)C[C@H]2C(=O)O)c1.